The van der Waals surface area contributed by atoms with Gasteiger partial charge in [0.1, 0.15) is 0 Å². The molecular weight excluding hydrogens is 278 g/mol. The van der Waals surface area contributed by atoms with Gasteiger partial charge in [0.25, 0.3) is 0 Å². The van der Waals surface area contributed by atoms with Crippen molar-refractivity contribution in [1.82, 2.24) is 4.90 Å². The van der Waals surface area contributed by atoms with Crippen LogP contribution in [0.4, 0.5) is 0 Å². The van der Waals surface area contributed by atoms with Crippen LogP contribution in [-0.2, 0) is 12.8 Å². The van der Waals surface area contributed by atoms with E-state index in [1.54, 1.807) is 0 Å². The highest BCUT2D eigenvalue weighted by Gasteiger charge is 2.18. The second-order valence-corrected chi connectivity index (χ2v) is 6.92. The fourth-order valence-electron chi connectivity index (χ4n) is 3.67. The molecule has 1 aliphatic heterocycles. The Morgan fingerprint density at radius 3 is 2.00 bits per heavy atom. The highest BCUT2D eigenvalue weighted by molar-refractivity contribution is 5.15. The number of rotatable bonds is 7. The quantitative estimate of drug-likeness (QED) is 0.653. The third-order valence-corrected chi connectivity index (χ3v) is 5.11. The maximum Gasteiger partial charge on any atom is -0.00160 e. The van der Waals surface area contributed by atoms with Crippen molar-refractivity contribution in [3.63, 3.8) is 0 Å². The van der Waals surface area contributed by atoms with Gasteiger partial charge in [-0.1, -0.05) is 60.7 Å². The zero-order valence-corrected chi connectivity index (χ0v) is 14.2. The maximum atomic E-state index is 2.67. The van der Waals surface area contributed by atoms with Crippen LogP contribution in [0.5, 0.6) is 0 Å². The van der Waals surface area contributed by atoms with Gasteiger partial charge in [-0.15, -0.1) is 0 Å². The molecule has 0 bridgehead atoms. The van der Waals surface area contributed by atoms with Gasteiger partial charge in [-0.2, -0.15) is 0 Å². The van der Waals surface area contributed by atoms with E-state index in [-0.39, 0.29) is 0 Å². The van der Waals surface area contributed by atoms with Crippen LogP contribution in [0.3, 0.4) is 0 Å². The lowest BCUT2D eigenvalue weighted by Crippen LogP contribution is -2.35. The first kappa shape index (κ1) is 16.3. The third kappa shape index (κ3) is 5.51. The van der Waals surface area contributed by atoms with Gasteiger partial charge in [0.2, 0.25) is 0 Å². The molecule has 23 heavy (non-hydrogen) atoms. The topological polar surface area (TPSA) is 3.24 Å². The lowest BCUT2D eigenvalue weighted by Gasteiger charge is -2.32. The summed E-state index contributed by atoms with van der Waals surface area (Å²) in [4.78, 5) is 2.67. The van der Waals surface area contributed by atoms with Crippen molar-refractivity contribution in [2.24, 2.45) is 5.92 Å². The highest BCUT2D eigenvalue weighted by Crippen LogP contribution is 2.22. The monoisotopic (exact) mass is 307 g/mol. The highest BCUT2D eigenvalue weighted by atomic mass is 15.1. The molecule has 1 aliphatic rings. The Labute approximate surface area is 141 Å². The first-order chi connectivity index (χ1) is 11.4. The molecule has 0 saturated carbocycles. The van der Waals surface area contributed by atoms with E-state index in [1.165, 1.54) is 69.3 Å². The van der Waals surface area contributed by atoms with E-state index >= 15 is 0 Å². The summed E-state index contributed by atoms with van der Waals surface area (Å²) < 4.78 is 0. The molecule has 0 unspecified atom stereocenters. The molecule has 0 spiro atoms. The predicted molar refractivity (Wildman–Crippen MR) is 98.7 cm³/mol. The molecule has 0 aromatic heterocycles. The number of aryl methyl sites for hydroxylation is 1. The fourth-order valence-corrected chi connectivity index (χ4v) is 3.67. The normalized spacial score (nSPS) is 16.5. The standard InChI is InChI=1S/C22H29N/c1-3-9-20(10-4-1)11-7-8-16-23-17-14-22(15-18-23)19-21-12-5-2-6-13-21/h1-6,9-10,12-13,22H,7-8,11,14-19H2. The molecule has 1 saturated heterocycles. The summed E-state index contributed by atoms with van der Waals surface area (Å²) in [6, 6.07) is 21.9. The molecule has 0 aliphatic carbocycles. The van der Waals surface area contributed by atoms with E-state index in [0.29, 0.717) is 0 Å². The molecule has 0 radical (unpaired) electrons. The van der Waals surface area contributed by atoms with E-state index in [0.717, 1.165) is 5.92 Å². The fraction of sp³-hybridized carbons (Fsp3) is 0.455. The smallest absolute Gasteiger partial charge is 0.00160 e. The maximum absolute atomic E-state index is 2.67. The van der Waals surface area contributed by atoms with E-state index in [9.17, 15) is 0 Å². The molecule has 3 rings (SSSR count). The van der Waals surface area contributed by atoms with E-state index in [1.807, 2.05) is 0 Å². The zero-order chi connectivity index (χ0) is 15.7. The van der Waals surface area contributed by atoms with Crippen LogP contribution in [0.15, 0.2) is 60.7 Å². The minimum atomic E-state index is 0.887. The van der Waals surface area contributed by atoms with Gasteiger partial charge in [0.05, 0.1) is 0 Å². The minimum Gasteiger partial charge on any atom is -0.303 e. The summed E-state index contributed by atoms with van der Waals surface area (Å²) in [5.74, 6) is 0.887. The lowest BCUT2D eigenvalue weighted by atomic mass is 9.90. The van der Waals surface area contributed by atoms with Gasteiger partial charge < -0.3 is 4.90 Å². The second-order valence-electron chi connectivity index (χ2n) is 6.92. The Morgan fingerprint density at radius 2 is 1.35 bits per heavy atom. The van der Waals surface area contributed by atoms with Crippen LogP contribution in [0.2, 0.25) is 0 Å². The van der Waals surface area contributed by atoms with Crippen LogP contribution in [-0.4, -0.2) is 24.5 Å². The van der Waals surface area contributed by atoms with E-state index in [4.69, 9.17) is 0 Å². The number of unbranched alkanes of at least 4 members (excludes halogenated alkanes) is 1. The summed E-state index contributed by atoms with van der Waals surface area (Å²) in [5, 5.41) is 0. The SMILES string of the molecule is c1ccc(CCCCN2CCC(Cc3ccccc3)CC2)cc1. The van der Waals surface area contributed by atoms with Gasteiger partial charge in [0.15, 0.2) is 0 Å². The molecule has 2 aromatic rings. The van der Waals surface area contributed by atoms with E-state index < -0.39 is 0 Å². The van der Waals surface area contributed by atoms with Crippen LogP contribution >= 0.6 is 0 Å². The number of benzene rings is 2. The van der Waals surface area contributed by atoms with Gasteiger partial charge in [-0.25, -0.2) is 0 Å². The van der Waals surface area contributed by atoms with Crippen molar-refractivity contribution in [2.45, 2.75) is 38.5 Å². The number of hydrogen-bond donors (Lipinski definition) is 0. The Bertz CT molecular complexity index is 538. The van der Waals surface area contributed by atoms with E-state index in [2.05, 4.69) is 65.6 Å². The van der Waals surface area contributed by atoms with Crippen LogP contribution in [0.1, 0.15) is 36.8 Å². The first-order valence-corrected chi connectivity index (χ1v) is 9.20. The average molecular weight is 307 g/mol. The first-order valence-electron chi connectivity index (χ1n) is 9.20. The lowest BCUT2D eigenvalue weighted by molar-refractivity contribution is 0.181. The van der Waals surface area contributed by atoms with Crippen LogP contribution < -0.4 is 0 Å². The largest absolute Gasteiger partial charge is 0.303 e. The summed E-state index contributed by atoms with van der Waals surface area (Å²) in [5.41, 5.74) is 2.99. The Morgan fingerprint density at radius 1 is 0.739 bits per heavy atom. The van der Waals surface area contributed by atoms with Gasteiger partial charge >= 0.3 is 0 Å². The molecule has 1 fully saturated rings. The molecule has 1 nitrogen and oxygen atoms in total. The van der Waals surface area contributed by atoms with Gasteiger partial charge in [0, 0.05) is 0 Å². The third-order valence-electron chi connectivity index (χ3n) is 5.11. The molecular formula is C22H29N. The van der Waals surface area contributed by atoms with Crippen LogP contribution in [0.25, 0.3) is 0 Å². The zero-order valence-electron chi connectivity index (χ0n) is 14.2. The summed E-state index contributed by atoms with van der Waals surface area (Å²) in [6.45, 7) is 3.87. The van der Waals surface area contributed by atoms with Crippen molar-refractivity contribution in [3.8, 4) is 0 Å². The number of piperidine rings is 1. The van der Waals surface area contributed by atoms with Gasteiger partial charge in [-0.3, -0.25) is 0 Å². The molecule has 1 heteroatoms. The molecule has 0 N–H and O–H groups in total. The summed E-state index contributed by atoms with van der Waals surface area (Å²) in [7, 11) is 0. The molecule has 1 heterocycles. The van der Waals surface area contributed by atoms with Crippen molar-refractivity contribution >= 4 is 0 Å². The Balaban J connectivity index is 1.30. The van der Waals surface area contributed by atoms with Crippen molar-refractivity contribution in [2.75, 3.05) is 19.6 Å². The second kappa shape index (κ2) is 8.88. The van der Waals surface area contributed by atoms with Crippen LogP contribution in [0, 0.1) is 5.92 Å². The number of hydrogen-bond acceptors (Lipinski definition) is 1. The average Bonchev–Trinajstić information content (AvgIpc) is 2.62. The Kier molecular flexibility index (Phi) is 6.28. The van der Waals surface area contributed by atoms with Crippen molar-refractivity contribution in [1.29, 1.82) is 0 Å². The predicted octanol–water partition coefficient (Wildman–Crippen LogP) is 4.96. The van der Waals surface area contributed by atoms with Crippen molar-refractivity contribution < 1.29 is 0 Å². The number of likely N-dealkylation sites (tertiary alicyclic amines) is 1. The minimum absolute atomic E-state index is 0.887. The Hall–Kier alpha value is -1.60. The molecule has 122 valence electrons. The number of nitrogens with zero attached hydrogens (tertiary/aromatic N) is 1. The molecule has 0 amide bonds. The summed E-state index contributed by atoms with van der Waals surface area (Å²) >= 11 is 0. The molecule has 0 atom stereocenters. The molecule has 2 aromatic carbocycles. The van der Waals surface area contributed by atoms with Gasteiger partial charge in [-0.05, 0) is 75.2 Å². The summed E-state index contributed by atoms with van der Waals surface area (Å²) in [6.07, 6.45) is 7.88. The van der Waals surface area contributed by atoms with Crippen molar-refractivity contribution in [3.05, 3.63) is 71.8 Å².